The van der Waals surface area contributed by atoms with Crippen molar-refractivity contribution >= 4 is 17.8 Å². The van der Waals surface area contributed by atoms with Crippen LogP contribution >= 0.6 is 0 Å². The van der Waals surface area contributed by atoms with Crippen LogP contribution in [0.1, 0.15) is 26.2 Å². The summed E-state index contributed by atoms with van der Waals surface area (Å²) >= 11 is 0. The van der Waals surface area contributed by atoms with E-state index in [9.17, 15) is 14.4 Å². The summed E-state index contributed by atoms with van der Waals surface area (Å²) in [7, 11) is 0. The fourth-order valence-corrected chi connectivity index (χ4v) is 1.83. The number of ether oxygens (including phenoxy) is 1. The molecule has 1 rings (SSSR count). The van der Waals surface area contributed by atoms with Crippen LogP contribution in [0.5, 0.6) is 0 Å². The number of carboxylic acids is 1. The van der Waals surface area contributed by atoms with Crippen LogP contribution in [0.4, 0.5) is 0 Å². The third kappa shape index (κ3) is 3.99. The quantitative estimate of drug-likeness (QED) is 0.579. The van der Waals surface area contributed by atoms with Crippen molar-refractivity contribution in [2.45, 2.75) is 38.3 Å². The van der Waals surface area contributed by atoms with Gasteiger partial charge in [-0.25, -0.2) is 4.79 Å². The molecule has 1 aliphatic heterocycles. The van der Waals surface area contributed by atoms with Gasteiger partial charge < -0.3 is 20.9 Å². The van der Waals surface area contributed by atoms with E-state index in [0.29, 0.717) is 6.61 Å². The number of carbonyl (C=O) groups excluding carboxylic acids is 2. The van der Waals surface area contributed by atoms with Crippen LogP contribution in [0, 0.1) is 5.92 Å². The third-order valence-electron chi connectivity index (χ3n) is 2.94. The van der Waals surface area contributed by atoms with Crippen LogP contribution in [-0.4, -0.2) is 41.6 Å². The van der Waals surface area contributed by atoms with Crippen LogP contribution in [0.25, 0.3) is 0 Å². The van der Waals surface area contributed by atoms with E-state index >= 15 is 0 Å². The van der Waals surface area contributed by atoms with Crippen molar-refractivity contribution < 1.29 is 24.2 Å². The molecule has 7 heteroatoms. The van der Waals surface area contributed by atoms with Gasteiger partial charge in [0.1, 0.15) is 12.1 Å². The molecule has 0 aliphatic carbocycles. The number of rotatable bonds is 6. The number of aliphatic carboxylic acids is 1. The van der Waals surface area contributed by atoms with Gasteiger partial charge in [0.05, 0.1) is 0 Å². The summed E-state index contributed by atoms with van der Waals surface area (Å²) in [6.45, 7) is 2.37. The molecule has 1 aliphatic rings. The van der Waals surface area contributed by atoms with Gasteiger partial charge in [-0.2, -0.15) is 0 Å². The zero-order valence-corrected chi connectivity index (χ0v) is 10.2. The molecular weight excluding hydrogens is 240 g/mol. The molecule has 3 atom stereocenters. The Bertz CT molecular complexity index is 344. The van der Waals surface area contributed by atoms with Crippen LogP contribution in [-0.2, 0) is 19.1 Å². The zero-order chi connectivity index (χ0) is 13.7. The molecule has 0 aromatic carbocycles. The van der Waals surface area contributed by atoms with Crippen molar-refractivity contribution in [3.8, 4) is 0 Å². The first kappa shape index (κ1) is 14.4. The van der Waals surface area contributed by atoms with Crippen molar-refractivity contribution in [3.05, 3.63) is 0 Å². The maximum atomic E-state index is 11.8. The van der Waals surface area contributed by atoms with Gasteiger partial charge in [0.25, 0.3) is 0 Å². The molecule has 1 heterocycles. The van der Waals surface area contributed by atoms with E-state index in [4.69, 9.17) is 15.6 Å². The minimum atomic E-state index is -1.18. The Hall–Kier alpha value is -1.63. The van der Waals surface area contributed by atoms with Gasteiger partial charge in [-0.15, -0.1) is 0 Å². The number of carbonyl (C=O) groups is 3. The summed E-state index contributed by atoms with van der Waals surface area (Å²) in [6, 6.07) is -1.11. The molecule has 1 fully saturated rings. The van der Waals surface area contributed by atoms with E-state index in [-0.39, 0.29) is 18.8 Å². The molecule has 18 heavy (non-hydrogen) atoms. The molecule has 4 N–H and O–H groups in total. The first-order valence-corrected chi connectivity index (χ1v) is 5.85. The van der Waals surface area contributed by atoms with Gasteiger partial charge in [0, 0.05) is 13.0 Å². The maximum Gasteiger partial charge on any atom is 0.326 e. The van der Waals surface area contributed by atoms with E-state index in [1.807, 2.05) is 6.92 Å². The predicted molar refractivity (Wildman–Crippen MR) is 61.5 cm³/mol. The average Bonchev–Trinajstić information content (AvgIpc) is 2.69. The van der Waals surface area contributed by atoms with Gasteiger partial charge in [0.2, 0.25) is 11.8 Å². The Balaban J connectivity index is 2.52. The number of carboxylic acid groups (broad SMARTS) is 1. The van der Waals surface area contributed by atoms with Crippen molar-refractivity contribution in [2.75, 3.05) is 6.61 Å². The van der Waals surface area contributed by atoms with Crippen molar-refractivity contribution in [1.29, 1.82) is 0 Å². The minimum absolute atomic E-state index is 0.0164. The van der Waals surface area contributed by atoms with Gasteiger partial charge in [-0.05, 0) is 18.8 Å². The molecule has 3 unspecified atom stereocenters. The maximum absolute atomic E-state index is 11.8. The average molecular weight is 258 g/mol. The Morgan fingerprint density at radius 2 is 2.17 bits per heavy atom. The lowest BCUT2D eigenvalue weighted by atomic mass is 10.0. The van der Waals surface area contributed by atoms with Gasteiger partial charge >= 0.3 is 5.97 Å². The summed E-state index contributed by atoms with van der Waals surface area (Å²) < 4.78 is 5.24. The Morgan fingerprint density at radius 3 is 2.61 bits per heavy atom. The number of hydrogen-bond acceptors (Lipinski definition) is 4. The zero-order valence-electron chi connectivity index (χ0n) is 10.2. The number of amides is 2. The topological polar surface area (TPSA) is 119 Å². The smallest absolute Gasteiger partial charge is 0.326 e. The van der Waals surface area contributed by atoms with E-state index < -0.39 is 29.9 Å². The Labute approximate surface area is 105 Å². The summed E-state index contributed by atoms with van der Waals surface area (Å²) in [5.41, 5.74) is 4.95. The molecule has 7 nitrogen and oxygen atoms in total. The predicted octanol–water partition coefficient (Wildman–Crippen LogP) is -0.754. The molecule has 0 spiro atoms. The molecule has 0 radical (unpaired) electrons. The number of nitrogens with two attached hydrogens (primary N) is 1. The second-order valence-corrected chi connectivity index (χ2v) is 4.46. The molecular formula is C11H18N2O5. The van der Waals surface area contributed by atoms with E-state index in [1.165, 1.54) is 0 Å². The van der Waals surface area contributed by atoms with Crippen molar-refractivity contribution in [3.63, 3.8) is 0 Å². The van der Waals surface area contributed by atoms with Crippen LogP contribution < -0.4 is 11.1 Å². The summed E-state index contributed by atoms with van der Waals surface area (Å²) in [5.74, 6) is -2.16. The molecule has 2 amide bonds. The summed E-state index contributed by atoms with van der Waals surface area (Å²) in [6.07, 6.45) is 0.0628. The standard InChI is InChI=1S/C11H18N2O5/c1-6-4-5-18-9(6)10(15)13-7(11(16)17)2-3-8(12)14/h6-7,9H,2-5H2,1H3,(H2,12,14)(H,13,15)(H,16,17). The Kier molecular flexibility index (Phi) is 5.08. The minimum Gasteiger partial charge on any atom is -0.480 e. The first-order valence-electron chi connectivity index (χ1n) is 5.85. The normalized spacial score (nSPS) is 24.5. The molecule has 0 aromatic heterocycles. The lowest BCUT2D eigenvalue weighted by molar-refractivity contribution is -0.144. The van der Waals surface area contributed by atoms with Gasteiger partial charge in [0.15, 0.2) is 0 Å². The summed E-state index contributed by atoms with van der Waals surface area (Å²) in [4.78, 5) is 33.3. The second-order valence-electron chi connectivity index (χ2n) is 4.46. The Morgan fingerprint density at radius 1 is 1.50 bits per heavy atom. The van der Waals surface area contributed by atoms with E-state index in [2.05, 4.69) is 5.32 Å². The number of hydrogen-bond donors (Lipinski definition) is 3. The van der Waals surface area contributed by atoms with Crippen molar-refractivity contribution in [2.24, 2.45) is 11.7 Å². The highest BCUT2D eigenvalue weighted by Crippen LogP contribution is 2.20. The van der Waals surface area contributed by atoms with E-state index in [0.717, 1.165) is 6.42 Å². The highest BCUT2D eigenvalue weighted by Gasteiger charge is 2.33. The molecule has 102 valence electrons. The molecule has 0 saturated carbocycles. The fraction of sp³-hybridized carbons (Fsp3) is 0.727. The summed E-state index contributed by atoms with van der Waals surface area (Å²) in [5, 5.41) is 11.3. The van der Waals surface area contributed by atoms with Crippen molar-refractivity contribution in [1.82, 2.24) is 5.32 Å². The second kappa shape index (κ2) is 6.34. The third-order valence-corrected chi connectivity index (χ3v) is 2.94. The fourth-order valence-electron chi connectivity index (χ4n) is 1.83. The molecule has 0 bridgehead atoms. The van der Waals surface area contributed by atoms with Gasteiger partial charge in [-0.3, -0.25) is 9.59 Å². The highest BCUT2D eigenvalue weighted by molar-refractivity contribution is 5.87. The molecule has 1 saturated heterocycles. The van der Waals surface area contributed by atoms with Crippen LogP contribution in [0.15, 0.2) is 0 Å². The number of primary amides is 1. The monoisotopic (exact) mass is 258 g/mol. The lowest BCUT2D eigenvalue weighted by Crippen LogP contribution is -2.47. The van der Waals surface area contributed by atoms with E-state index in [1.54, 1.807) is 0 Å². The number of nitrogens with one attached hydrogen (secondary N) is 1. The van der Waals surface area contributed by atoms with Gasteiger partial charge in [-0.1, -0.05) is 6.92 Å². The lowest BCUT2D eigenvalue weighted by Gasteiger charge is -2.18. The highest BCUT2D eigenvalue weighted by atomic mass is 16.5. The van der Waals surface area contributed by atoms with Crippen LogP contribution in [0.3, 0.4) is 0 Å². The first-order chi connectivity index (χ1) is 8.41. The SMILES string of the molecule is CC1CCOC1C(=O)NC(CCC(N)=O)C(=O)O. The molecule has 0 aromatic rings. The largest absolute Gasteiger partial charge is 0.480 e. The van der Waals surface area contributed by atoms with Crippen LogP contribution in [0.2, 0.25) is 0 Å².